The second-order valence-electron chi connectivity index (χ2n) is 12.4. The molecular formula is C39H43N3O10. The first-order valence-corrected chi connectivity index (χ1v) is 17.0. The summed E-state index contributed by atoms with van der Waals surface area (Å²) in [5.41, 5.74) is 6.45. The molecule has 2 aliphatic rings. The number of methoxy groups -OCH3 is 2. The second kappa shape index (κ2) is 16.8. The third kappa shape index (κ3) is 7.92. The number of oxime groups is 1. The van der Waals surface area contributed by atoms with Crippen LogP contribution in [0.5, 0.6) is 23.0 Å². The van der Waals surface area contributed by atoms with Crippen molar-refractivity contribution in [2.24, 2.45) is 5.16 Å². The summed E-state index contributed by atoms with van der Waals surface area (Å²) in [5, 5.41) is 50.0. The van der Waals surface area contributed by atoms with Gasteiger partial charge in [-0.3, -0.25) is 4.79 Å². The van der Waals surface area contributed by atoms with Crippen molar-refractivity contribution in [3.63, 3.8) is 0 Å². The number of fused-ring (bicyclic) bond motifs is 1. The molecule has 0 radical (unpaired) electrons. The van der Waals surface area contributed by atoms with Crippen LogP contribution in [0.4, 0.5) is 5.69 Å². The van der Waals surface area contributed by atoms with Gasteiger partial charge in [0, 0.05) is 23.2 Å². The van der Waals surface area contributed by atoms with E-state index in [1.54, 1.807) is 50.6 Å². The van der Waals surface area contributed by atoms with Crippen molar-refractivity contribution in [3.8, 4) is 23.0 Å². The third-order valence-electron chi connectivity index (χ3n) is 9.18. The zero-order chi connectivity index (χ0) is 36.6. The number of nitrogens with zero attached hydrogens (tertiary/aromatic N) is 1. The smallest absolute Gasteiger partial charge is 0.255 e. The molecule has 6 rings (SSSR count). The Kier molecular flexibility index (Phi) is 11.8. The molecule has 0 bridgehead atoms. The number of amides is 1. The molecule has 4 aromatic rings. The molecule has 274 valence electrons. The van der Waals surface area contributed by atoms with Gasteiger partial charge in [0.2, 0.25) is 0 Å². The van der Waals surface area contributed by atoms with E-state index in [-0.39, 0.29) is 32.3 Å². The van der Waals surface area contributed by atoms with Gasteiger partial charge in [-0.1, -0.05) is 11.2 Å². The lowest BCUT2D eigenvalue weighted by Gasteiger charge is -2.29. The highest BCUT2D eigenvalue weighted by Gasteiger charge is 2.27. The van der Waals surface area contributed by atoms with E-state index in [2.05, 4.69) is 15.8 Å². The fraction of sp³-hybridized carbons (Fsp3) is 0.333. The summed E-state index contributed by atoms with van der Waals surface area (Å²) < 4.78 is 22.9. The number of hydrogen-bond donors (Lipinski definition) is 6. The van der Waals surface area contributed by atoms with E-state index in [4.69, 9.17) is 23.8 Å². The number of nitrogens with one attached hydrogen (secondary N) is 2. The molecule has 0 aromatic heterocycles. The van der Waals surface area contributed by atoms with Gasteiger partial charge >= 0.3 is 0 Å². The Labute approximate surface area is 301 Å². The molecule has 6 N–H and O–H groups in total. The van der Waals surface area contributed by atoms with E-state index >= 15 is 0 Å². The Morgan fingerprint density at radius 1 is 0.731 bits per heavy atom. The van der Waals surface area contributed by atoms with Gasteiger partial charge in [-0.2, -0.15) is 0 Å². The molecule has 13 nitrogen and oxygen atoms in total. The highest BCUT2D eigenvalue weighted by atomic mass is 16.6. The van der Waals surface area contributed by atoms with Crippen LogP contribution < -0.4 is 29.6 Å². The van der Waals surface area contributed by atoms with Crippen molar-refractivity contribution >= 4 is 17.3 Å². The van der Waals surface area contributed by atoms with Crippen LogP contribution in [0.2, 0.25) is 0 Å². The number of unbranched alkanes of at least 4 members (excludes halogenated alkanes) is 1. The summed E-state index contributed by atoms with van der Waals surface area (Å²) in [7, 11) is 3.13. The number of benzene rings is 4. The summed E-state index contributed by atoms with van der Waals surface area (Å²) >= 11 is 0. The van der Waals surface area contributed by atoms with Gasteiger partial charge in [0.15, 0.2) is 17.6 Å². The van der Waals surface area contributed by atoms with Gasteiger partial charge < -0.3 is 54.8 Å². The van der Waals surface area contributed by atoms with E-state index in [9.17, 15) is 25.2 Å². The number of ether oxygens (including phenoxy) is 4. The Morgan fingerprint density at radius 2 is 1.42 bits per heavy atom. The van der Waals surface area contributed by atoms with Gasteiger partial charge in [0.05, 0.1) is 65.1 Å². The van der Waals surface area contributed by atoms with Gasteiger partial charge in [-0.05, 0) is 101 Å². The largest absolute Gasteiger partial charge is 0.497 e. The molecule has 0 aliphatic carbocycles. The number of rotatable bonds is 16. The van der Waals surface area contributed by atoms with Crippen LogP contribution in [-0.4, -0.2) is 59.5 Å². The molecule has 0 spiro atoms. The van der Waals surface area contributed by atoms with Crippen LogP contribution in [0.25, 0.3) is 0 Å². The van der Waals surface area contributed by atoms with Crippen molar-refractivity contribution < 1.29 is 49.0 Å². The molecule has 1 amide bonds. The maximum atomic E-state index is 12.8. The van der Waals surface area contributed by atoms with Crippen LogP contribution in [0.15, 0.2) is 71.9 Å². The zero-order valence-corrected chi connectivity index (χ0v) is 29.1. The van der Waals surface area contributed by atoms with Crippen molar-refractivity contribution in [1.29, 1.82) is 0 Å². The SMILES string of the molecule is COc1ccc2c(c1)C(=O)NC(c1ccc(OCCCCOc3cc(C4=NOC(c5cc(CO)c(CO)c(CO)c5)C4)ccc3OC)c(CO)c1)N2. The van der Waals surface area contributed by atoms with E-state index in [1.165, 1.54) is 0 Å². The third-order valence-corrected chi connectivity index (χ3v) is 9.18. The molecular weight excluding hydrogens is 670 g/mol. The zero-order valence-electron chi connectivity index (χ0n) is 29.1. The summed E-state index contributed by atoms with van der Waals surface area (Å²) in [6.07, 6.45) is 0.958. The minimum absolute atomic E-state index is 0.220. The molecule has 0 fully saturated rings. The fourth-order valence-electron chi connectivity index (χ4n) is 6.33. The van der Waals surface area contributed by atoms with Crippen LogP contribution in [0, 0.1) is 0 Å². The molecule has 2 aliphatic heterocycles. The Morgan fingerprint density at radius 3 is 2.10 bits per heavy atom. The molecule has 2 atom stereocenters. The number of hydrogen-bond acceptors (Lipinski definition) is 12. The summed E-state index contributed by atoms with van der Waals surface area (Å²) in [4.78, 5) is 18.5. The monoisotopic (exact) mass is 713 g/mol. The lowest BCUT2D eigenvalue weighted by Crippen LogP contribution is -2.38. The maximum absolute atomic E-state index is 12.8. The molecule has 2 unspecified atom stereocenters. The Bertz CT molecular complexity index is 1910. The molecule has 52 heavy (non-hydrogen) atoms. The van der Waals surface area contributed by atoms with Gasteiger partial charge in [-0.15, -0.1) is 0 Å². The number of aliphatic hydroxyl groups excluding tert-OH is 4. The first-order valence-electron chi connectivity index (χ1n) is 17.0. The number of carbonyl (C=O) groups excluding carboxylic acids is 1. The first-order chi connectivity index (χ1) is 25.4. The fourth-order valence-corrected chi connectivity index (χ4v) is 6.33. The van der Waals surface area contributed by atoms with Crippen LogP contribution in [0.3, 0.4) is 0 Å². The van der Waals surface area contributed by atoms with Crippen LogP contribution in [0.1, 0.15) is 80.8 Å². The molecule has 2 heterocycles. The minimum atomic E-state index is -0.472. The van der Waals surface area contributed by atoms with Crippen molar-refractivity contribution in [3.05, 3.63) is 111 Å². The quantitative estimate of drug-likeness (QED) is 0.0892. The van der Waals surface area contributed by atoms with Crippen molar-refractivity contribution in [2.45, 2.75) is 58.0 Å². The number of aliphatic hydroxyl groups is 4. The van der Waals surface area contributed by atoms with E-state index < -0.39 is 12.3 Å². The van der Waals surface area contributed by atoms with Gasteiger partial charge in [-0.25, -0.2) is 0 Å². The predicted octanol–water partition coefficient (Wildman–Crippen LogP) is 4.63. The van der Waals surface area contributed by atoms with Crippen molar-refractivity contribution in [1.82, 2.24) is 5.32 Å². The predicted molar refractivity (Wildman–Crippen MR) is 192 cm³/mol. The average molecular weight is 714 g/mol. The van der Waals surface area contributed by atoms with E-state index in [0.717, 1.165) is 16.7 Å². The highest BCUT2D eigenvalue weighted by Crippen LogP contribution is 2.36. The average Bonchev–Trinajstić information content (AvgIpc) is 3.69. The highest BCUT2D eigenvalue weighted by molar-refractivity contribution is 6.02. The minimum Gasteiger partial charge on any atom is -0.497 e. The lowest BCUT2D eigenvalue weighted by atomic mass is 9.93. The summed E-state index contributed by atoms with van der Waals surface area (Å²) in [5.74, 6) is 2.09. The van der Waals surface area contributed by atoms with Crippen LogP contribution in [-0.2, 0) is 31.3 Å². The summed E-state index contributed by atoms with van der Waals surface area (Å²) in [6.45, 7) is -0.233. The normalized spacial score (nSPS) is 16.3. The van der Waals surface area contributed by atoms with E-state index in [1.807, 2.05) is 30.3 Å². The Hall–Kier alpha value is -5.34. The lowest BCUT2D eigenvalue weighted by molar-refractivity contribution is 0.0853. The van der Waals surface area contributed by atoms with Gasteiger partial charge in [0.25, 0.3) is 5.91 Å². The number of anilines is 1. The molecule has 4 aromatic carbocycles. The Balaban J connectivity index is 1.01. The summed E-state index contributed by atoms with van der Waals surface area (Å²) in [6, 6.07) is 19.9. The molecule has 0 saturated heterocycles. The number of carbonyl (C=O) groups is 1. The standard InChI is InChI=1S/C39H43N3O10/c1-48-29-7-8-32-30(17-29)39(47)41-38(40-32)24-6-9-34(28(13-24)21-45)50-11-3-4-12-51-37-16-23(5-10-35(37)49-2)33-18-36(52-42-33)25-14-26(19-43)31(22-46)27(15-25)20-44/h5-10,13-17,36,38,40,43-46H,3-4,11-12,18-22H2,1-2H3,(H,41,47). The first kappa shape index (κ1) is 36.5. The van der Waals surface area contributed by atoms with Crippen molar-refractivity contribution in [2.75, 3.05) is 32.8 Å². The maximum Gasteiger partial charge on any atom is 0.255 e. The molecule has 13 heteroatoms. The van der Waals surface area contributed by atoms with Crippen LogP contribution >= 0.6 is 0 Å². The van der Waals surface area contributed by atoms with Gasteiger partial charge in [0.1, 0.15) is 17.7 Å². The van der Waals surface area contributed by atoms with E-state index in [0.29, 0.717) is 94.7 Å². The topological polar surface area (TPSA) is 181 Å². The second-order valence-corrected chi connectivity index (χ2v) is 12.4. The molecule has 0 saturated carbocycles.